The second kappa shape index (κ2) is 8.00. The Balaban J connectivity index is 1.96. The molecule has 0 fully saturated rings. The molecule has 0 spiro atoms. The van der Waals surface area contributed by atoms with Gasteiger partial charge in [-0.25, -0.2) is 4.98 Å². The van der Waals surface area contributed by atoms with Crippen molar-refractivity contribution in [1.82, 2.24) is 10.3 Å². The number of hydrogen-bond donors (Lipinski definition) is 2. The molecule has 3 rings (SSSR count). The van der Waals surface area contributed by atoms with Gasteiger partial charge in [-0.05, 0) is 49.6 Å². The van der Waals surface area contributed by atoms with Crippen molar-refractivity contribution >= 4 is 28.3 Å². The van der Waals surface area contributed by atoms with E-state index in [1.807, 2.05) is 49.4 Å². The summed E-state index contributed by atoms with van der Waals surface area (Å²) in [5.74, 6) is 0.601. The summed E-state index contributed by atoms with van der Waals surface area (Å²) >= 11 is 0. The van der Waals surface area contributed by atoms with E-state index in [0.29, 0.717) is 11.4 Å². The first-order chi connectivity index (χ1) is 12.6. The molecule has 1 amide bonds. The highest BCUT2D eigenvalue weighted by Crippen LogP contribution is 2.23. The van der Waals surface area contributed by atoms with Crippen molar-refractivity contribution in [2.45, 2.75) is 39.7 Å². The third-order valence-corrected chi connectivity index (χ3v) is 4.59. The number of aryl methyl sites for hydroxylation is 1. The van der Waals surface area contributed by atoms with Crippen LogP contribution in [0, 0.1) is 0 Å². The zero-order valence-electron chi connectivity index (χ0n) is 15.5. The first-order valence-electron chi connectivity index (χ1n) is 9.17. The predicted molar refractivity (Wildman–Crippen MR) is 108 cm³/mol. The Hall–Kier alpha value is -2.88. The normalized spacial score (nSPS) is 12.0. The zero-order chi connectivity index (χ0) is 18.5. The Labute approximate surface area is 154 Å². The maximum absolute atomic E-state index is 12.7. The number of carbonyl (C=O) groups is 1. The minimum absolute atomic E-state index is 0.0673. The Morgan fingerprint density at radius 3 is 2.50 bits per heavy atom. The lowest BCUT2D eigenvalue weighted by molar-refractivity contribution is 0.0941. The van der Waals surface area contributed by atoms with Crippen molar-refractivity contribution < 1.29 is 4.79 Å². The average molecular weight is 347 g/mol. The number of rotatable bonds is 6. The van der Waals surface area contributed by atoms with Crippen LogP contribution in [0.15, 0.2) is 54.6 Å². The predicted octanol–water partition coefficient (Wildman–Crippen LogP) is 5.07. The number of hydrogen-bond acceptors (Lipinski definition) is 3. The van der Waals surface area contributed by atoms with Crippen LogP contribution in [0.5, 0.6) is 0 Å². The van der Waals surface area contributed by atoms with E-state index < -0.39 is 0 Å². The van der Waals surface area contributed by atoms with Crippen LogP contribution in [0.25, 0.3) is 10.9 Å². The Morgan fingerprint density at radius 1 is 1.08 bits per heavy atom. The van der Waals surface area contributed by atoms with Gasteiger partial charge < -0.3 is 10.6 Å². The van der Waals surface area contributed by atoms with Crippen LogP contribution in [0.3, 0.4) is 0 Å². The Morgan fingerprint density at radius 2 is 1.81 bits per heavy atom. The van der Waals surface area contributed by atoms with E-state index in [0.717, 1.165) is 29.4 Å². The lowest BCUT2D eigenvalue weighted by atomic mass is 10.1. The lowest BCUT2D eigenvalue weighted by Crippen LogP contribution is -2.32. The number of nitrogens with one attached hydrogen (secondary N) is 2. The van der Waals surface area contributed by atoms with Crippen LogP contribution < -0.4 is 10.6 Å². The molecule has 1 heterocycles. The van der Waals surface area contributed by atoms with Crippen molar-refractivity contribution in [3.05, 3.63) is 65.7 Å². The second-order valence-corrected chi connectivity index (χ2v) is 6.53. The summed E-state index contributed by atoms with van der Waals surface area (Å²) in [7, 11) is 0. The molecule has 4 nitrogen and oxygen atoms in total. The summed E-state index contributed by atoms with van der Waals surface area (Å²) in [4.78, 5) is 17.4. The summed E-state index contributed by atoms with van der Waals surface area (Å²) in [6.07, 6.45) is 1.90. The van der Waals surface area contributed by atoms with E-state index in [1.54, 1.807) is 0 Å². The first-order valence-corrected chi connectivity index (χ1v) is 9.17. The summed E-state index contributed by atoms with van der Waals surface area (Å²) < 4.78 is 0. The molecule has 134 valence electrons. The highest BCUT2D eigenvalue weighted by Gasteiger charge is 2.14. The van der Waals surface area contributed by atoms with Crippen molar-refractivity contribution in [3.63, 3.8) is 0 Å². The van der Waals surface area contributed by atoms with Gasteiger partial charge >= 0.3 is 0 Å². The summed E-state index contributed by atoms with van der Waals surface area (Å²) in [6.45, 7) is 6.20. The maximum atomic E-state index is 12.7. The quantitative estimate of drug-likeness (QED) is 0.654. The van der Waals surface area contributed by atoms with E-state index in [4.69, 9.17) is 0 Å². The lowest BCUT2D eigenvalue weighted by Gasteiger charge is -2.14. The number of anilines is 2. The van der Waals surface area contributed by atoms with Crippen LogP contribution in [0.2, 0.25) is 0 Å². The average Bonchev–Trinajstić information content (AvgIpc) is 2.67. The largest absolute Gasteiger partial charge is 0.350 e. The van der Waals surface area contributed by atoms with Gasteiger partial charge in [-0.3, -0.25) is 4.79 Å². The van der Waals surface area contributed by atoms with Crippen LogP contribution in [-0.4, -0.2) is 16.9 Å². The van der Waals surface area contributed by atoms with Gasteiger partial charge in [0, 0.05) is 17.1 Å². The van der Waals surface area contributed by atoms with Crippen LogP contribution in [-0.2, 0) is 6.42 Å². The maximum Gasteiger partial charge on any atom is 0.252 e. The molecule has 1 aromatic heterocycles. The fourth-order valence-corrected chi connectivity index (χ4v) is 2.80. The summed E-state index contributed by atoms with van der Waals surface area (Å²) in [5, 5.41) is 7.23. The van der Waals surface area contributed by atoms with E-state index in [2.05, 4.69) is 41.6 Å². The Bertz CT molecular complexity index is 903. The molecule has 1 atom stereocenters. The van der Waals surface area contributed by atoms with Gasteiger partial charge in [0.1, 0.15) is 5.82 Å². The molecule has 0 aliphatic heterocycles. The SMILES string of the molecule is CCc1ccc(Nc2cc(C(=O)NC(C)CC)c3ccccc3n2)cc1. The zero-order valence-corrected chi connectivity index (χ0v) is 15.5. The molecular formula is C22H25N3O. The number of para-hydroxylation sites is 1. The summed E-state index contributed by atoms with van der Waals surface area (Å²) in [5.41, 5.74) is 3.69. The van der Waals surface area contributed by atoms with Crippen molar-refractivity contribution in [3.8, 4) is 0 Å². The minimum atomic E-state index is -0.0673. The minimum Gasteiger partial charge on any atom is -0.350 e. The molecule has 0 saturated heterocycles. The van der Waals surface area contributed by atoms with E-state index in [1.165, 1.54) is 5.56 Å². The van der Waals surface area contributed by atoms with Crippen molar-refractivity contribution in [1.29, 1.82) is 0 Å². The second-order valence-electron chi connectivity index (χ2n) is 6.53. The van der Waals surface area contributed by atoms with Crippen molar-refractivity contribution in [2.24, 2.45) is 0 Å². The molecule has 1 unspecified atom stereocenters. The number of amides is 1. The molecule has 0 aliphatic carbocycles. The molecule has 0 radical (unpaired) electrons. The number of nitrogens with zero attached hydrogens (tertiary/aromatic N) is 1. The van der Waals surface area contributed by atoms with Gasteiger partial charge in [0.2, 0.25) is 0 Å². The summed E-state index contributed by atoms with van der Waals surface area (Å²) in [6, 6.07) is 18.0. The molecule has 0 bridgehead atoms. The highest BCUT2D eigenvalue weighted by atomic mass is 16.1. The molecule has 3 aromatic rings. The van der Waals surface area contributed by atoms with E-state index in [-0.39, 0.29) is 11.9 Å². The number of aromatic nitrogens is 1. The number of pyridine rings is 1. The fourth-order valence-electron chi connectivity index (χ4n) is 2.80. The number of carbonyl (C=O) groups excluding carboxylic acids is 1. The van der Waals surface area contributed by atoms with Crippen LogP contribution in [0.4, 0.5) is 11.5 Å². The highest BCUT2D eigenvalue weighted by molar-refractivity contribution is 6.07. The molecule has 0 saturated carbocycles. The smallest absolute Gasteiger partial charge is 0.252 e. The molecule has 2 aromatic carbocycles. The van der Waals surface area contributed by atoms with Gasteiger partial charge in [0.25, 0.3) is 5.91 Å². The third-order valence-electron chi connectivity index (χ3n) is 4.59. The van der Waals surface area contributed by atoms with Gasteiger partial charge in [-0.15, -0.1) is 0 Å². The monoisotopic (exact) mass is 347 g/mol. The van der Waals surface area contributed by atoms with Gasteiger partial charge in [0.05, 0.1) is 11.1 Å². The molecular weight excluding hydrogens is 322 g/mol. The standard InChI is InChI=1S/C22H25N3O/c1-4-15(3)23-22(26)19-14-21(25-20-9-7-6-8-18(19)20)24-17-12-10-16(5-2)11-13-17/h6-15H,4-5H2,1-3H3,(H,23,26)(H,24,25). The molecule has 2 N–H and O–H groups in total. The van der Waals surface area contributed by atoms with Crippen molar-refractivity contribution in [2.75, 3.05) is 5.32 Å². The van der Waals surface area contributed by atoms with Crippen LogP contribution >= 0.6 is 0 Å². The van der Waals surface area contributed by atoms with Gasteiger partial charge in [-0.2, -0.15) is 0 Å². The van der Waals surface area contributed by atoms with Gasteiger partial charge in [-0.1, -0.05) is 44.2 Å². The molecule has 4 heteroatoms. The van der Waals surface area contributed by atoms with Gasteiger partial charge in [0.15, 0.2) is 0 Å². The number of fused-ring (bicyclic) bond motifs is 1. The topological polar surface area (TPSA) is 54.0 Å². The molecule has 26 heavy (non-hydrogen) atoms. The van der Waals surface area contributed by atoms with Crippen LogP contribution in [0.1, 0.15) is 43.1 Å². The fraction of sp³-hybridized carbons (Fsp3) is 0.273. The van der Waals surface area contributed by atoms with E-state index >= 15 is 0 Å². The van der Waals surface area contributed by atoms with E-state index in [9.17, 15) is 4.79 Å². The first kappa shape index (κ1) is 17.9. The third kappa shape index (κ3) is 4.02. The Kier molecular flexibility index (Phi) is 5.52. The molecule has 0 aliphatic rings. The number of benzene rings is 2.